The maximum atomic E-state index is 13.1. The standard InChI is InChI=1S/C22H29FN4OS/c1-2-25-11-13-26(14-12-25)21(28)15-17-7-9-27(10-8-17)22-24-20(16-29-22)18-3-5-19(23)6-4-18/h3-6,16-17H,2,7-15H2,1H3. The number of piperidine rings is 1. The van der Waals surface area contributed by atoms with Gasteiger partial charge in [-0.15, -0.1) is 11.3 Å². The average molecular weight is 417 g/mol. The minimum atomic E-state index is -0.229. The molecule has 7 heteroatoms. The Morgan fingerprint density at radius 3 is 2.45 bits per heavy atom. The summed E-state index contributed by atoms with van der Waals surface area (Å²) in [5, 5.41) is 3.05. The van der Waals surface area contributed by atoms with Gasteiger partial charge in [0.05, 0.1) is 5.69 Å². The lowest BCUT2D eigenvalue weighted by atomic mass is 9.93. The third-order valence-corrected chi connectivity index (χ3v) is 7.05. The van der Waals surface area contributed by atoms with Gasteiger partial charge in [-0.05, 0) is 49.6 Å². The smallest absolute Gasteiger partial charge is 0.222 e. The number of carbonyl (C=O) groups excluding carboxylic acids is 1. The Morgan fingerprint density at radius 1 is 1.10 bits per heavy atom. The Labute approximate surface area is 176 Å². The molecule has 0 bridgehead atoms. The first-order chi connectivity index (χ1) is 14.1. The van der Waals surface area contributed by atoms with Crippen LogP contribution in [-0.2, 0) is 4.79 Å². The fraction of sp³-hybridized carbons (Fsp3) is 0.545. The fourth-order valence-corrected chi connectivity index (χ4v) is 5.07. The number of halogens is 1. The van der Waals surface area contributed by atoms with Crippen molar-refractivity contribution in [2.24, 2.45) is 5.92 Å². The van der Waals surface area contributed by atoms with Crippen LogP contribution in [-0.4, -0.2) is 66.5 Å². The number of piperazine rings is 1. The van der Waals surface area contributed by atoms with Gasteiger partial charge in [-0.25, -0.2) is 9.37 Å². The molecule has 2 aromatic rings. The molecule has 2 aliphatic heterocycles. The second-order valence-corrected chi connectivity index (χ2v) is 8.81. The summed E-state index contributed by atoms with van der Waals surface area (Å²) >= 11 is 1.64. The molecule has 0 saturated carbocycles. The molecule has 0 aliphatic carbocycles. The average Bonchev–Trinajstić information content (AvgIpc) is 3.25. The first kappa shape index (κ1) is 20.3. The van der Waals surface area contributed by atoms with Crippen molar-refractivity contribution in [3.63, 3.8) is 0 Å². The van der Waals surface area contributed by atoms with Gasteiger partial charge in [-0.3, -0.25) is 4.79 Å². The topological polar surface area (TPSA) is 39.7 Å². The number of likely N-dealkylation sites (N-methyl/N-ethyl adjacent to an activating group) is 1. The second-order valence-electron chi connectivity index (χ2n) is 7.97. The van der Waals surface area contributed by atoms with Gasteiger partial charge >= 0.3 is 0 Å². The van der Waals surface area contributed by atoms with E-state index in [2.05, 4.69) is 16.7 Å². The quantitative estimate of drug-likeness (QED) is 0.745. The molecule has 0 N–H and O–H groups in total. The summed E-state index contributed by atoms with van der Waals surface area (Å²) in [6.07, 6.45) is 2.75. The lowest BCUT2D eigenvalue weighted by molar-refractivity contribution is -0.134. The minimum Gasteiger partial charge on any atom is -0.348 e. The number of hydrogen-bond donors (Lipinski definition) is 0. The molecule has 2 fully saturated rings. The van der Waals surface area contributed by atoms with Gasteiger partial charge in [0.25, 0.3) is 0 Å². The number of anilines is 1. The van der Waals surface area contributed by atoms with Crippen LogP contribution in [0.1, 0.15) is 26.2 Å². The fourth-order valence-electron chi connectivity index (χ4n) is 4.18. The van der Waals surface area contributed by atoms with E-state index in [1.807, 2.05) is 10.3 Å². The lowest BCUT2D eigenvalue weighted by Crippen LogP contribution is -2.49. The number of rotatable bonds is 5. The SMILES string of the molecule is CCN1CCN(C(=O)CC2CCN(c3nc(-c4ccc(F)cc4)cs3)CC2)CC1. The van der Waals surface area contributed by atoms with Gasteiger partial charge in [0, 0.05) is 56.6 Å². The molecular weight excluding hydrogens is 387 g/mol. The van der Waals surface area contributed by atoms with Gasteiger partial charge in [-0.2, -0.15) is 0 Å². The lowest BCUT2D eigenvalue weighted by Gasteiger charge is -2.36. The molecule has 1 aromatic carbocycles. The van der Waals surface area contributed by atoms with Crippen molar-refractivity contribution in [2.45, 2.75) is 26.2 Å². The van der Waals surface area contributed by atoms with Crippen LogP contribution < -0.4 is 4.90 Å². The molecule has 0 spiro atoms. The Morgan fingerprint density at radius 2 is 1.79 bits per heavy atom. The molecule has 5 nitrogen and oxygen atoms in total. The van der Waals surface area contributed by atoms with Crippen molar-refractivity contribution in [1.29, 1.82) is 0 Å². The summed E-state index contributed by atoms with van der Waals surface area (Å²) in [6.45, 7) is 8.88. The predicted octanol–water partition coefficient (Wildman–Crippen LogP) is 3.72. The molecular formula is C22H29FN4OS. The van der Waals surface area contributed by atoms with E-state index < -0.39 is 0 Å². The first-order valence-electron chi connectivity index (χ1n) is 10.6. The number of hydrogen-bond acceptors (Lipinski definition) is 5. The zero-order valence-electron chi connectivity index (χ0n) is 17.0. The summed E-state index contributed by atoms with van der Waals surface area (Å²) in [6, 6.07) is 6.48. The van der Waals surface area contributed by atoms with E-state index in [1.54, 1.807) is 23.5 Å². The van der Waals surface area contributed by atoms with Crippen LogP contribution in [0, 0.1) is 11.7 Å². The van der Waals surface area contributed by atoms with E-state index in [4.69, 9.17) is 4.98 Å². The van der Waals surface area contributed by atoms with Crippen molar-refractivity contribution in [3.05, 3.63) is 35.5 Å². The van der Waals surface area contributed by atoms with Crippen LogP contribution >= 0.6 is 11.3 Å². The van der Waals surface area contributed by atoms with E-state index in [-0.39, 0.29) is 5.82 Å². The van der Waals surface area contributed by atoms with Crippen LogP contribution in [0.15, 0.2) is 29.6 Å². The third kappa shape index (κ3) is 4.95. The van der Waals surface area contributed by atoms with Gasteiger partial charge in [-0.1, -0.05) is 6.92 Å². The highest BCUT2D eigenvalue weighted by molar-refractivity contribution is 7.14. The Balaban J connectivity index is 1.26. The number of thiazole rings is 1. The molecule has 2 aliphatic rings. The van der Waals surface area contributed by atoms with Crippen molar-refractivity contribution in [3.8, 4) is 11.3 Å². The van der Waals surface area contributed by atoms with Gasteiger partial charge in [0.15, 0.2) is 5.13 Å². The normalized spacial score (nSPS) is 19.0. The van der Waals surface area contributed by atoms with Crippen LogP contribution in [0.3, 0.4) is 0 Å². The van der Waals surface area contributed by atoms with Crippen LogP contribution in [0.25, 0.3) is 11.3 Å². The van der Waals surface area contributed by atoms with Crippen LogP contribution in [0.4, 0.5) is 9.52 Å². The van der Waals surface area contributed by atoms with Crippen molar-refractivity contribution < 1.29 is 9.18 Å². The van der Waals surface area contributed by atoms with Crippen LogP contribution in [0.5, 0.6) is 0 Å². The van der Waals surface area contributed by atoms with E-state index in [1.165, 1.54) is 12.1 Å². The van der Waals surface area contributed by atoms with E-state index in [0.717, 1.165) is 75.0 Å². The maximum Gasteiger partial charge on any atom is 0.222 e. The molecule has 0 radical (unpaired) electrons. The minimum absolute atomic E-state index is 0.229. The third-order valence-electron chi connectivity index (χ3n) is 6.15. The van der Waals surface area contributed by atoms with Gasteiger partial charge in [0.1, 0.15) is 5.82 Å². The Bertz CT molecular complexity index is 808. The van der Waals surface area contributed by atoms with Crippen molar-refractivity contribution in [1.82, 2.24) is 14.8 Å². The van der Waals surface area contributed by atoms with Gasteiger partial charge in [0.2, 0.25) is 5.91 Å². The highest BCUT2D eigenvalue weighted by Crippen LogP contribution is 2.31. The number of carbonyl (C=O) groups is 1. The van der Waals surface area contributed by atoms with Crippen LogP contribution in [0.2, 0.25) is 0 Å². The molecule has 3 heterocycles. The van der Waals surface area contributed by atoms with E-state index >= 15 is 0 Å². The highest BCUT2D eigenvalue weighted by atomic mass is 32.1. The number of nitrogens with zero attached hydrogens (tertiary/aromatic N) is 4. The summed E-state index contributed by atoms with van der Waals surface area (Å²) in [5.74, 6) is 0.569. The summed E-state index contributed by atoms with van der Waals surface area (Å²) in [4.78, 5) is 24.2. The van der Waals surface area contributed by atoms with E-state index in [0.29, 0.717) is 18.2 Å². The molecule has 156 valence electrons. The molecule has 0 atom stereocenters. The monoisotopic (exact) mass is 416 g/mol. The number of amides is 1. The molecule has 1 aromatic heterocycles. The summed E-state index contributed by atoms with van der Waals surface area (Å²) in [7, 11) is 0. The van der Waals surface area contributed by atoms with Crippen molar-refractivity contribution >= 4 is 22.4 Å². The zero-order valence-corrected chi connectivity index (χ0v) is 17.8. The predicted molar refractivity (Wildman–Crippen MR) is 116 cm³/mol. The molecule has 29 heavy (non-hydrogen) atoms. The zero-order chi connectivity index (χ0) is 20.2. The summed E-state index contributed by atoms with van der Waals surface area (Å²) < 4.78 is 13.1. The summed E-state index contributed by atoms with van der Waals surface area (Å²) in [5.41, 5.74) is 1.84. The first-order valence-corrected chi connectivity index (χ1v) is 11.5. The maximum absolute atomic E-state index is 13.1. The van der Waals surface area contributed by atoms with Crippen molar-refractivity contribution in [2.75, 3.05) is 50.7 Å². The molecule has 0 unspecified atom stereocenters. The Hall–Kier alpha value is -1.99. The number of aromatic nitrogens is 1. The molecule has 2 saturated heterocycles. The van der Waals surface area contributed by atoms with E-state index in [9.17, 15) is 9.18 Å². The number of benzene rings is 1. The highest BCUT2D eigenvalue weighted by Gasteiger charge is 2.26. The van der Waals surface area contributed by atoms with Gasteiger partial charge < -0.3 is 14.7 Å². The molecule has 1 amide bonds. The Kier molecular flexibility index (Phi) is 6.45. The largest absolute Gasteiger partial charge is 0.348 e. The second kappa shape index (κ2) is 9.22. The molecule has 4 rings (SSSR count).